The maximum atomic E-state index is 12.5. The topological polar surface area (TPSA) is 74.8 Å². The maximum absolute atomic E-state index is 12.5. The summed E-state index contributed by atoms with van der Waals surface area (Å²) in [5.74, 6) is -0.314. The number of carbonyl (C=O) groups excluding carboxylic acids is 1. The van der Waals surface area contributed by atoms with Crippen LogP contribution in [0.2, 0.25) is 0 Å². The van der Waals surface area contributed by atoms with Gasteiger partial charge in [0.1, 0.15) is 0 Å². The van der Waals surface area contributed by atoms with Gasteiger partial charge in [0.25, 0.3) is 11.5 Å². The van der Waals surface area contributed by atoms with Gasteiger partial charge in [-0.15, -0.1) is 0 Å². The number of aryl methyl sites for hydroxylation is 1. The lowest BCUT2D eigenvalue weighted by Gasteiger charge is -2.14. The molecule has 0 bridgehead atoms. The van der Waals surface area contributed by atoms with Crippen LogP contribution >= 0.6 is 0 Å². The third-order valence-electron chi connectivity index (χ3n) is 3.84. The highest BCUT2D eigenvalue weighted by Gasteiger charge is 2.16. The van der Waals surface area contributed by atoms with Crippen molar-refractivity contribution < 1.29 is 4.79 Å². The van der Waals surface area contributed by atoms with Gasteiger partial charge in [0.2, 0.25) is 0 Å². The van der Waals surface area contributed by atoms with E-state index in [0.29, 0.717) is 10.8 Å². The second-order valence-electron chi connectivity index (χ2n) is 5.55. The second kappa shape index (κ2) is 6.04. The summed E-state index contributed by atoms with van der Waals surface area (Å²) in [4.78, 5) is 24.3. The van der Waals surface area contributed by atoms with Gasteiger partial charge < -0.3 is 5.32 Å². The molecule has 3 aromatic rings. The Balaban J connectivity index is 1.91. The number of hydrogen-bond acceptors (Lipinski definition) is 3. The molecule has 0 radical (unpaired) electrons. The molecule has 0 aliphatic heterocycles. The average molecular weight is 307 g/mol. The normalized spacial score (nSPS) is 12.1. The largest absolute Gasteiger partial charge is 0.344 e. The molecule has 5 heteroatoms. The Morgan fingerprint density at radius 2 is 1.74 bits per heavy atom. The smallest absolute Gasteiger partial charge is 0.272 e. The van der Waals surface area contributed by atoms with Gasteiger partial charge in [-0.3, -0.25) is 9.59 Å². The first-order valence-electron chi connectivity index (χ1n) is 7.41. The molecule has 1 aromatic heterocycles. The van der Waals surface area contributed by atoms with Crippen molar-refractivity contribution in [2.75, 3.05) is 0 Å². The molecule has 0 aliphatic carbocycles. The van der Waals surface area contributed by atoms with Crippen molar-refractivity contribution in [3.63, 3.8) is 0 Å². The lowest BCUT2D eigenvalue weighted by Crippen LogP contribution is -2.29. The Morgan fingerprint density at radius 3 is 2.43 bits per heavy atom. The minimum atomic E-state index is -0.314. The standard InChI is InChI=1S/C18H17N3O2/c1-11-7-9-13(10-8-11)12(2)19-18(23)16-14-5-3-4-6-15(14)17(22)21-20-16/h3-10,12H,1-2H3,(H,19,23)(H,21,22). The molecule has 0 spiro atoms. The Labute approximate surface area is 133 Å². The van der Waals surface area contributed by atoms with Gasteiger partial charge in [-0.2, -0.15) is 5.10 Å². The van der Waals surface area contributed by atoms with Gasteiger partial charge in [0.15, 0.2) is 5.69 Å². The lowest BCUT2D eigenvalue weighted by molar-refractivity contribution is 0.0935. The Hall–Kier alpha value is -2.95. The molecular formula is C18H17N3O2. The first-order chi connectivity index (χ1) is 11.1. The van der Waals surface area contributed by atoms with E-state index in [2.05, 4.69) is 15.5 Å². The fraction of sp³-hybridized carbons (Fsp3) is 0.167. The monoisotopic (exact) mass is 307 g/mol. The first-order valence-corrected chi connectivity index (χ1v) is 7.41. The number of H-pyrrole nitrogens is 1. The van der Waals surface area contributed by atoms with E-state index in [1.54, 1.807) is 24.3 Å². The summed E-state index contributed by atoms with van der Waals surface area (Å²) in [7, 11) is 0. The van der Waals surface area contributed by atoms with Crippen LogP contribution in [-0.2, 0) is 0 Å². The Morgan fingerprint density at radius 1 is 1.09 bits per heavy atom. The summed E-state index contributed by atoms with van der Waals surface area (Å²) in [5, 5.41) is 10.2. The van der Waals surface area contributed by atoms with E-state index in [9.17, 15) is 9.59 Å². The average Bonchev–Trinajstić information content (AvgIpc) is 2.56. The summed E-state index contributed by atoms with van der Waals surface area (Å²) in [6, 6.07) is 14.8. The molecule has 1 amide bonds. The molecular weight excluding hydrogens is 290 g/mol. The molecule has 116 valence electrons. The zero-order chi connectivity index (χ0) is 16.4. The van der Waals surface area contributed by atoms with Gasteiger partial charge in [0, 0.05) is 5.39 Å². The predicted octanol–water partition coefficient (Wildman–Crippen LogP) is 2.72. The number of amides is 1. The first kappa shape index (κ1) is 15.0. The van der Waals surface area contributed by atoms with Gasteiger partial charge in [0.05, 0.1) is 11.4 Å². The molecule has 2 aromatic carbocycles. The number of aromatic nitrogens is 2. The highest BCUT2D eigenvalue weighted by atomic mass is 16.2. The van der Waals surface area contributed by atoms with Crippen molar-refractivity contribution in [2.24, 2.45) is 0 Å². The van der Waals surface area contributed by atoms with Crippen LogP contribution < -0.4 is 10.9 Å². The van der Waals surface area contributed by atoms with Crippen LogP contribution in [-0.4, -0.2) is 16.1 Å². The zero-order valence-corrected chi connectivity index (χ0v) is 13.0. The second-order valence-corrected chi connectivity index (χ2v) is 5.55. The van der Waals surface area contributed by atoms with Gasteiger partial charge >= 0.3 is 0 Å². The Kier molecular flexibility index (Phi) is 3.93. The number of hydrogen-bond donors (Lipinski definition) is 2. The van der Waals surface area contributed by atoms with Crippen LogP contribution in [0, 0.1) is 6.92 Å². The number of aromatic amines is 1. The lowest BCUT2D eigenvalue weighted by atomic mass is 10.1. The predicted molar refractivity (Wildman–Crippen MR) is 89.4 cm³/mol. The quantitative estimate of drug-likeness (QED) is 0.781. The molecule has 0 saturated heterocycles. The van der Waals surface area contributed by atoms with E-state index >= 15 is 0 Å². The number of benzene rings is 2. The fourth-order valence-electron chi connectivity index (χ4n) is 2.49. The van der Waals surface area contributed by atoms with Crippen LogP contribution in [0.25, 0.3) is 10.8 Å². The van der Waals surface area contributed by atoms with Crippen LogP contribution in [0.5, 0.6) is 0 Å². The molecule has 1 atom stereocenters. The molecule has 0 aliphatic rings. The van der Waals surface area contributed by atoms with E-state index < -0.39 is 0 Å². The maximum Gasteiger partial charge on any atom is 0.272 e. The summed E-state index contributed by atoms with van der Waals surface area (Å²) in [6.07, 6.45) is 0. The minimum absolute atomic E-state index is 0.157. The molecule has 0 fully saturated rings. The fourth-order valence-corrected chi connectivity index (χ4v) is 2.49. The SMILES string of the molecule is Cc1ccc(C(C)NC(=O)c2n[nH]c(=O)c3ccccc23)cc1. The summed E-state index contributed by atoms with van der Waals surface area (Å²) in [6.45, 7) is 3.93. The highest BCUT2D eigenvalue weighted by Crippen LogP contribution is 2.16. The summed E-state index contributed by atoms with van der Waals surface area (Å²) in [5.41, 5.74) is 2.10. The van der Waals surface area contributed by atoms with E-state index in [-0.39, 0.29) is 23.2 Å². The van der Waals surface area contributed by atoms with Crippen molar-refractivity contribution in [3.8, 4) is 0 Å². The minimum Gasteiger partial charge on any atom is -0.344 e. The molecule has 1 unspecified atom stereocenters. The van der Waals surface area contributed by atoms with Crippen molar-refractivity contribution in [1.82, 2.24) is 15.5 Å². The molecule has 0 saturated carbocycles. The molecule has 5 nitrogen and oxygen atoms in total. The van der Waals surface area contributed by atoms with Crippen LogP contribution in [0.4, 0.5) is 0 Å². The molecule has 3 rings (SSSR count). The summed E-state index contributed by atoms with van der Waals surface area (Å²) < 4.78 is 0. The molecule has 23 heavy (non-hydrogen) atoms. The van der Waals surface area contributed by atoms with Crippen LogP contribution in [0.15, 0.2) is 53.3 Å². The summed E-state index contributed by atoms with van der Waals surface area (Å²) >= 11 is 0. The van der Waals surface area contributed by atoms with Crippen LogP contribution in [0.3, 0.4) is 0 Å². The zero-order valence-electron chi connectivity index (χ0n) is 13.0. The number of carbonyl (C=O) groups is 1. The van der Waals surface area contributed by atoms with Crippen molar-refractivity contribution in [3.05, 3.63) is 75.7 Å². The van der Waals surface area contributed by atoms with E-state index in [1.165, 1.54) is 5.56 Å². The number of fused-ring (bicyclic) bond motifs is 1. The van der Waals surface area contributed by atoms with Crippen molar-refractivity contribution in [1.29, 1.82) is 0 Å². The Bertz CT molecular complexity index is 913. The third kappa shape index (κ3) is 2.99. The van der Waals surface area contributed by atoms with E-state index in [0.717, 1.165) is 5.56 Å². The number of nitrogens with one attached hydrogen (secondary N) is 2. The number of nitrogens with zero attached hydrogens (tertiary/aromatic N) is 1. The molecule has 1 heterocycles. The van der Waals surface area contributed by atoms with Gasteiger partial charge in [-0.05, 0) is 25.5 Å². The van der Waals surface area contributed by atoms with Crippen LogP contribution in [0.1, 0.15) is 34.6 Å². The van der Waals surface area contributed by atoms with Gasteiger partial charge in [-0.1, -0.05) is 48.0 Å². The van der Waals surface area contributed by atoms with Crippen molar-refractivity contribution >= 4 is 16.7 Å². The van der Waals surface area contributed by atoms with E-state index in [1.807, 2.05) is 38.1 Å². The molecule has 2 N–H and O–H groups in total. The van der Waals surface area contributed by atoms with Gasteiger partial charge in [-0.25, -0.2) is 5.10 Å². The van der Waals surface area contributed by atoms with E-state index in [4.69, 9.17) is 0 Å². The van der Waals surface area contributed by atoms with Crippen molar-refractivity contribution in [2.45, 2.75) is 19.9 Å². The highest BCUT2D eigenvalue weighted by molar-refractivity contribution is 6.04. The number of rotatable bonds is 3. The third-order valence-corrected chi connectivity index (χ3v) is 3.84.